The summed E-state index contributed by atoms with van der Waals surface area (Å²) in [7, 11) is 0. The fraction of sp³-hybridized carbons (Fsp3) is 0.0476. The van der Waals surface area contributed by atoms with Gasteiger partial charge < -0.3 is 16.2 Å². The second-order valence-corrected chi connectivity index (χ2v) is 5.92. The van der Waals surface area contributed by atoms with Crippen LogP contribution in [0.1, 0.15) is 16.7 Å². The third-order valence-electron chi connectivity index (χ3n) is 4.03. The maximum absolute atomic E-state index is 7.49. The van der Waals surface area contributed by atoms with Crippen LogP contribution in [0, 0.1) is 10.8 Å². The maximum Gasteiger partial charge on any atom is 0.122 e. The first kappa shape index (κ1) is 17.2. The van der Waals surface area contributed by atoms with Gasteiger partial charge in [0.1, 0.15) is 24.0 Å². The zero-order chi connectivity index (χ0) is 18.5. The molecule has 0 aliphatic carbocycles. The van der Waals surface area contributed by atoms with Crippen molar-refractivity contribution in [1.82, 2.24) is 0 Å². The molecule has 0 aliphatic heterocycles. The molecular formula is C21H20N4O. The van der Waals surface area contributed by atoms with Gasteiger partial charge in [0.05, 0.1) is 0 Å². The second-order valence-electron chi connectivity index (χ2n) is 5.92. The van der Waals surface area contributed by atoms with E-state index in [1.54, 1.807) is 6.07 Å². The molecule has 5 heteroatoms. The molecule has 0 saturated heterocycles. The molecule has 3 aromatic carbocycles. The minimum atomic E-state index is 0.0481. The molecule has 0 spiro atoms. The molecule has 0 aromatic heterocycles. The van der Waals surface area contributed by atoms with Gasteiger partial charge in [-0.05, 0) is 34.9 Å². The molecule has 0 heterocycles. The molecule has 0 saturated carbocycles. The van der Waals surface area contributed by atoms with Crippen molar-refractivity contribution < 1.29 is 4.74 Å². The van der Waals surface area contributed by atoms with Gasteiger partial charge in [-0.3, -0.25) is 10.8 Å². The highest BCUT2D eigenvalue weighted by atomic mass is 16.5. The standard InChI is InChI=1S/C21H20N4O/c22-20(23)17-6-4-15(5-7-17)16-8-10-19(11-9-16)26-13-14-2-1-3-18(12-14)21(24)25/h1-12H,13H2,(H3,22,23)(H3,24,25). The molecule has 130 valence electrons. The highest BCUT2D eigenvalue weighted by molar-refractivity contribution is 5.95. The van der Waals surface area contributed by atoms with E-state index in [9.17, 15) is 0 Å². The Morgan fingerprint density at radius 2 is 1.31 bits per heavy atom. The highest BCUT2D eigenvalue weighted by Crippen LogP contribution is 2.23. The molecule has 0 fully saturated rings. The van der Waals surface area contributed by atoms with Crippen LogP contribution in [0.5, 0.6) is 5.75 Å². The van der Waals surface area contributed by atoms with E-state index in [-0.39, 0.29) is 11.7 Å². The van der Waals surface area contributed by atoms with E-state index < -0.39 is 0 Å². The Kier molecular flexibility index (Phi) is 4.99. The van der Waals surface area contributed by atoms with Gasteiger partial charge in [-0.2, -0.15) is 0 Å². The molecule has 3 aromatic rings. The predicted octanol–water partition coefficient (Wildman–Crippen LogP) is 3.50. The average Bonchev–Trinajstić information content (AvgIpc) is 2.67. The van der Waals surface area contributed by atoms with E-state index in [1.165, 1.54) is 0 Å². The highest BCUT2D eigenvalue weighted by Gasteiger charge is 2.03. The minimum absolute atomic E-state index is 0.0481. The van der Waals surface area contributed by atoms with Crippen LogP contribution in [0.25, 0.3) is 11.1 Å². The summed E-state index contributed by atoms with van der Waals surface area (Å²) in [6, 6.07) is 22.8. The largest absolute Gasteiger partial charge is 0.489 e. The lowest BCUT2D eigenvalue weighted by atomic mass is 10.0. The van der Waals surface area contributed by atoms with Crippen molar-refractivity contribution in [2.75, 3.05) is 0 Å². The van der Waals surface area contributed by atoms with Gasteiger partial charge in [0, 0.05) is 11.1 Å². The first-order valence-corrected chi connectivity index (χ1v) is 8.14. The van der Waals surface area contributed by atoms with E-state index in [0.717, 1.165) is 22.4 Å². The van der Waals surface area contributed by atoms with Gasteiger partial charge in [-0.25, -0.2) is 0 Å². The van der Waals surface area contributed by atoms with Crippen LogP contribution in [0.4, 0.5) is 0 Å². The SMILES string of the molecule is N=C(N)c1ccc(-c2ccc(OCc3cccc(C(=N)N)c3)cc2)cc1. The normalized spacial score (nSPS) is 10.3. The van der Waals surface area contributed by atoms with E-state index in [1.807, 2.05) is 66.7 Å². The fourth-order valence-electron chi connectivity index (χ4n) is 2.58. The van der Waals surface area contributed by atoms with Gasteiger partial charge in [-0.15, -0.1) is 0 Å². The van der Waals surface area contributed by atoms with Gasteiger partial charge in [0.25, 0.3) is 0 Å². The number of hydrogen-bond acceptors (Lipinski definition) is 3. The molecular weight excluding hydrogens is 324 g/mol. The number of nitrogens with one attached hydrogen (secondary N) is 2. The van der Waals surface area contributed by atoms with E-state index >= 15 is 0 Å². The molecule has 0 amide bonds. The van der Waals surface area contributed by atoms with E-state index in [4.69, 9.17) is 27.0 Å². The summed E-state index contributed by atoms with van der Waals surface area (Å²) in [6.45, 7) is 0.410. The second kappa shape index (κ2) is 7.53. The Bertz CT molecular complexity index is 931. The number of nitrogens with two attached hydrogens (primary N) is 2. The Balaban J connectivity index is 1.67. The molecule has 3 rings (SSSR count). The van der Waals surface area contributed by atoms with E-state index in [2.05, 4.69) is 0 Å². The third kappa shape index (κ3) is 4.08. The number of benzene rings is 3. The maximum atomic E-state index is 7.49. The topological polar surface area (TPSA) is 109 Å². The molecule has 6 N–H and O–H groups in total. The van der Waals surface area contributed by atoms with Crippen molar-refractivity contribution in [3.8, 4) is 16.9 Å². The van der Waals surface area contributed by atoms with Crippen molar-refractivity contribution in [3.63, 3.8) is 0 Å². The van der Waals surface area contributed by atoms with Crippen molar-refractivity contribution in [3.05, 3.63) is 89.5 Å². The van der Waals surface area contributed by atoms with Gasteiger partial charge in [0.15, 0.2) is 0 Å². The van der Waals surface area contributed by atoms with Crippen molar-refractivity contribution in [2.24, 2.45) is 11.5 Å². The molecule has 26 heavy (non-hydrogen) atoms. The van der Waals surface area contributed by atoms with Crippen LogP contribution in [0.2, 0.25) is 0 Å². The Morgan fingerprint density at radius 1 is 0.731 bits per heavy atom. The monoisotopic (exact) mass is 344 g/mol. The smallest absolute Gasteiger partial charge is 0.122 e. The first-order valence-electron chi connectivity index (χ1n) is 8.14. The zero-order valence-corrected chi connectivity index (χ0v) is 14.2. The summed E-state index contributed by atoms with van der Waals surface area (Å²) in [5.74, 6) is 0.878. The lowest BCUT2D eigenvalue weighted by molar-refractivity contribution is 0.306. The zero-order valence-electron chi connectivity index (χ0n) is 14.2. The predicted molar refractivity (Wildman–Crippen MR) is 105 cm³/mol. The van der Waals surface area contributed by atoms with Crippen molar-refractivity contribution >= 4 is 11.7 Å². The summed E-state index contributed by atoms with van der Waals surface area (Å²) < 4.78 is 5.81. The van der Waals surface area contributed by atoms with Crippen LogP contribution >= 0.6 is 0 Å². The van der Waals surface area contributed by atoms with Crippen LogP contribution in [-0.2, 0) is 6.61 Å². The summed E-state index contributed by atoms with van der Waals surface area (Å²) in [5.41, 5.74) is 15.5. The summed E-state index contributed by atoms with van der Waals surface area (Å²) in [5, 5.41) is 14.9. The Labute approximate surface area is 152 Å². The van der Waals surface area contributed by atoms with Crippen LogP contribution < -0.4 is 16.2 Å². The summed E-state index contributed by atoms with van der Waals surface area (Å²) in [4.78, 5) is 0. The Morgan fingerprint density at radius 3 is 1.88 bits per heavy atom. The number of nitrogen functional groups attached to an aromatic ring is 2. The first-order chi connectivity index (χ1) is 12.5. The third-order valence-corrected chi connectivity index (χ3v) is 4.03. The molecule has 0 unspecified atom stereocenters. The van der Waals surface area contributed by atoms with Gasteiger partial charge >= 0.3 is 0 Å². The number of rotatable bonds is 6. The molecule has 0 radical (unpaired) electrons. The fourth-order valence-corrected chi connectivity index (χ4v) is 2.58. The number of ether oxygens (including phenoxy) is 1. The van der Waals surface area contributed by atoms with Crippen LogP contribution in [0.15, 0.2) is 72.8 Å². The summed E-state index contributed by atoms with van der Waals surface area (Å²) >= 11 is 0. The summed E-state index contributed by atoms with van der Waals surface area (Å²) in [6.07, 6.45) is 0. The lowest BCUT2D eigenvalue weighted by Gasteiger charge is -2.09. The lowest BCUT2D eigenvalue weighted by Crippen LogP contribution is -2.11. The number of hydrogen-bond donors (Lipinski definition) is 4. The molecule has 0 atom stereocenters. The van der Waals surface area contributed by atoms with Crippen LogP contribution in [-0.4, -0.2) is 11.7 Å². The Hall–Kier alpha value is -3.60. The van der Waals surface area contributed by atoms with Crippen molar-refractivity contribution in [1.29, 1.82) is 10.8 Å². The average molecular weight is 344 g/mol. The van der Waals surface area contributed by atoms with Gasteiger partial charge in [0.2, 0.25) is 0 Å². The quantitative estimate of drug-likeness (QED) is 0.406. The number of amidine groups is 2. The van der Waals surface area contributed by atoms with E-state index in [0.29, 0.717) is 17.7 Å². The van der Waals surface area contributed by atoms with Crippen molar-refractivity contribution in [2.45, 2.75) is 6.61 Å². The van der Waals surface area contributed by atoms with Crippen LogP contribution in [0.3, 0.4) is 0 Å². The molecule has 0 bridgehead atoms. The minimum Gasteiger partial charge on any atom is -0.489 e. The van der Waals surface area contributed by atoms with Gasteiger partial charge in [-0.1, -0.05) is 54.6 Å². The molecule has 5 nitrogen and oxygen atoms in total. The molecule has 0 aliphatic rings.